The number of sulfonamides is 2. The van der Waals surface area contributed by atoms with Gasteiger partial charge in [-0.1, -0.05) is 24.3 Å². The molecule has 10 heteroatoms. The fourth-order valence-corrected chi connectivity index (χ4v) is 4.83. The van der Waals surface area contributed by atoms with Gasteiger partial charge in [0.25, 0.3) is 0 Å². The first-order valence-electron chi connectivity index (χ1n) is 8.01. The SMILES string of the molecule is CC(C)NS(=O)(=O)Cc1ccc(CNS(=O)(=O)c2ccc(F)cc2F)cc1. The van der Waals surface area contributed by atoms with Crippen LogP contribution in [0.4, 0.5) is 8.78 Å². The Morgan fingerprint density at radius 1 is 0.926 bits per heavy atom. The number of rotatable bonds is 8. The van der Waals surface area contributed by atoms with E-state index >= 15 is 0 Å². The molecule has 0 radical (unpaired) electrons. The van der Waals surface area contributed by atoms with E-state index in [0.29, 0.717) is 17.2 Å². The van der Waals surface area contributed by atoms with Crippen LogP contribution in [0, 0.1) is 11.6 Å². The average Bonchev–Trinajstić information content (AvgIpc) is 2.52. The highest BCUT2D eigenvalue weighted by molar-refractivity contribution is 7.89. The Labute approximate surface area is 157 Å². The standard InChI is InChI=1S/C17H20F2N2O4S2/c1-12(2)21-26(22,23)11-14-5-3-13(4-6-14)10-20-27(24,25)17-8-7-15(18)9-16(17)19/h3-9,12,20-21H,10-11H2,1-2H3. The second-order valence-electron chi connectivity index (χ2n) is 6.25. The molecule has 0 aliphatic rings. The van der Waals surface area contributed by atoms with E-state index in [-0.39, 0.29) is 18.3 Å². The summed E-state index contributed by atoms with van der Waals surface area (Å²) in [6, 6.07) is 8.28. The number of hydrogen-bond donors (Lipinski definition) is 2. The first-order chi connectivity index (χ1) is 12.5. The number of benzene rings is 2. The third kappa shape index (κ3) is 6.35. The molecule has 2 aromatic carbocycles. The van der Waals surface area contributed by atoms with E-state index in [2.05, 4.69) is 9.44 Å². The summed E-state index contributed by atoms with van der Waals surface area (Å²) in [5.41, 5.74) is 1.10. The maximum atomic E-state index is 13.7. The van der Waals surface area contributed by atoms with E-state index < -0.39 is 36.6 Å². The van der Waals surface area contributed by atoms with E-state index in [4.69, 9.17) is 0 Å². The van der Waals surface area contributed by atoms with Crippen LogP contribution in [0.5, 0.6) is 0 Å². The predicted octanol–water partition coefficient (Wildman–Crippen LogP) is 2.27. The zero-order valence-electron chi connectivity index (χ0n) is 14.7. The van der Waals surface area contributed by atoms with Gasteiger partial charge in [0.15, 0.2) is 0 Å². The Hall–Kier alpha value is -1.88. The van der Waals surface area contributed by atoms with Gasteiger partial charge in [0.2, 0.25) is 20.0 Å². The van der Waals surface area contributed by atoms with Crippen LogP contribution in [0.2, 0.25) is 0 Å². The summed E-state index contributed by atoms with van der Waals surface area (Å²) in [6.07, 6.45) is 0. The molecule has 0 fully saturated rings. The van der Waals surface area contributed by atoms with Gasteiger partial charge in [-0.25, -0.2) is 35.1 Å². The largest absolute Gasteiger partial charge is 0.243 e. The van der Waals surface area contributed by atoms with Crippen molar-refractivity contribution in [3.63, 3.8) is 0 Å². The van der Waals surface area contributed by atoms with Gasteiger partial charge in [0, 0.05) is 18.7 Å². The second-order valence-corrected chi connectivity index (χ2v) is 9.74. The van der Waals surface area contributed by atoms with Crippen molar-refractivity contribution in [1.29, 1.82) is 0 Å². The van der Waals surface area contributed by atoms with E-state index in [0.717, 1.165) is 12.1 Å². The van der Waals surface area contributed by atoms with Crippen LogP contribution < -0.4 is 9.44 Å². The Balaban J connectivity index is 2.04. The van der Waals surface area contributed by atoms with E-state index in [1.54, 1.807) is 38.1 Å². The maximum Gasteiger partial charge on any atom is 0.243 e. The quantitative estimate of drug-likeness (QED) is 0.688. The van der Waals surface area contributed by atoms with E-state index in [1.807, 2.05) is 0 Å². The van der Waals surface area contributed by atoms with Crippen LogP contribution in [0.1, 0.15) is 25.0 Å². The molecule has 27 heavy (non-hydrogen) atoms. The summed E-state index contributed by atoms with van der Waals surface area (Å²) in [5, 5.41) is 0. The molecule has 0 saturated carbocycles. The smallest absolute Gasteiger partial charge is 0.212 e. The van der Waals surface area contributed by atoms with Gasteiger partial charge in [0.05, 0.1) is 5.75 Å². The van der Waals surface area contributed by atoms with Crippen molar-refractivity contribution in [2.24, 2.45) is 0 Å². The Morgan fingerprint density at radius 2 is 1.52 bits per heavy atom. The Morgan fingerprint density at radius 3 is 2.07 bits per heavy atom. The molecule has 0 aliphatic heterocycles. The van der Waals surface area contributed by atoms with Crippen LogP contribution >= 0.6 is 0 Å². The first-order valence-corrected chi connectivity index (χ1v) is 11.1. The van der Waals surface area contributed by atoms with Gasteiger partial charge in [-0.2, -0.15) is 0 Å². The fraction of sp³-hybridized carbons (Fsp3) is 0.294. The molecule has 2 N–H and O–H groups in total. The van der Waals surface area contributed by atoms with Crippen molar-refractivity contribution in [3.8, 4) is 0 Å². The lowest BCUT2D eigenvalue weighted by Gasteiger charge is -2.10. The summed E-state index contributed by atoms with van der Waals surface area (Å²) in [5.74, 6) is -2.25. The molecule has 6 nitrogen and oxygen atoms in total. The first kappa shape index (κ1) is 21.4. The molecular formula is C17H20F2N2O4S2. The molecule has 0 unspecified atom stereocenters. The van der Waals surface area contributed by atoms with E-state index in [9.17, 15) is 25.6 Å². The zero-order chi connectivity index (χ0) is 20.2. The normalized spacial score (nSPS) is 12.5. The molecule has 148 valence electrons. The monoisotopic (exact) mass is 418 g/mol. The van der Waals surface area contributed by atoms with Crippen molar-refractivity contribution in [3.05, 3.63) is 65.2 Å². The lowest BCUT2D eigenvalue weighted by molar-refractivity contribution is 0.543. The van der Waals surface area contributed by atoms with Crippen LogP contribution in [-0.4, -0.2) is 22.9 Å². The summed E-state index contributed by atoms with van der Waals surface area (Å²) in [4.78, 5) is -0.647. The third-order valence-corrected chi connectivity index (χ3v) is 6.42. The van der Waals surface area contributed by atoms with Gasteiger partial charge in [-0.3, -0.25) is 0 Å². The minimum Gasteiger partial charge on any atom is -0.212 e. The molecule has 0 bridgehead atoms. The molecule has 0 atom stereocenters. The second kappa shape index (κ2) is 8.42. The summed E-state index contributed by atoms with van der Waals surface area (Å²) < 4.78 is 79.3. The fourth-order valence-electron chi connectivity index (χ4n) is 2.32. The van der Waals surface area contributed by atoms with Gasteiger partial charge in [0.1, 0.15) is 16.5 Å². The molecule has 0 aliphatic carbocycles. The van der Waals surface area contributed by atoms with Crippen molar-refractivity contribution in [1.82, 2.24) is 9.44 Å². The minimum atomic E-state index is -4.16. The zero-order valence-corrected chi connectivity index (χ0v) is 16.4. The van der Waals surface area contributed by atoms with Crippen molar-refractivity contribution < 1.29 is 25.6 Å². The predicted molar refractivity (Wildman–Crippen MR) is 97.7 cm³/mol. The molecule has 0 amide bonds. The Kier molecular flexibility index (Phi) is 6.68. The molecule has 0 aromatic heterocycles. The molecule has 2 aromatic rings. The number of hydrogen-bond acceptors (Lipinski definition) is 4. The van der Waals surface area contributed by atoms with Crippen molar-refractivity contribution in [2.45, 2.75) is 37.1 Å². The summed E-state index contributed by atoms with van der Waals surface area (Å²) in [6.45, 7) is 3.31. The van der Waals surface area contributed by atoms with Crippen LogP contribution in [0.25, 0.3) is 0 Å². The van der Waals surface area contributed by atoms with Crippen LogP contribution in [0.3, 0.4) is 0 Å². The van der Waals surface area contributed by atoms with Crippen LogP contribution in [-0.2, 0) is 32.3 Å². The summed E-state index contributed by atoms with van der Waals surface area (Å²) in [7, 11) is -7.62. The van der Waals surface area contributed by atoms with Gasteiger partial charge in [-0.15, -0.1) is 0 Å². The number of nitrogens with one attached hydrogen (secondary N) is 2. The van der Waals surface area contributed by atoms with Gasteiger partial charge >= 0.3 is 0 Å². The van der Waals surface area contributed by atoms with E-state index in [1.165, 1.54) is 0 Å². The molecule has 0 heterocycles. The highest BCUT2D eigenvalue weighted by atomic mass is 32.2. The van der Waals surface area contributed by atoms with Gasteiger partial charge < -0.3 is 0 Å². The van der Waals surface area contributed by atoms with Gasteiger partial charge in [-0.05, 0) is 37.1 Å². The topological polar surface area (TPSA) is 92.3 Å². The highest BCUT2D eigenvalue weighted by Crippen LogP contribution is 2.16. The molecule has 0 spiro atoms. The molecular weight excluding hydrogens is 398 g/mol. The maximum absolute atomic E-state index is 13.7. The van der Waals surface area contributed by atoms with Crippen LogP contribution in [0.15, 0.2) is 47.4 Å². The summed E-state index contributed by atoms with van der Waals surface area (Å²) >= 11 is 0. The average molecular weight is 418 g/mol. The highest BCUT2D eigenvalue weighted by Gasteiger charge is 2.19. The third-order valence-electron chi connectivity index (χ3n) is 3.44. The van der Waals surface area contributed by atoms with Crippen molar-refractivity contribution >= 4 is 20.0 Å². The van der Waals surface area contributed by atoms with Crippen molar-refractivity contribution in [2.75, 3.05) is 0 Å². The molecule has 2 rings (SSSR count). The lowest BCUT2D eigenvalue weighted by atomic mass is 10.1. The molecule has 0 saturated heterocycles. The number of halogens is 2. The Bertz CT molecular complexity index is 1010. The minimum absolute atomic E-state index is 0.129. The lowest BCUT2D eigenvalue weighted by Crippen LogP contribution is -2.31.